The molecule has 61 valence electrons. The molecule has 0 saturated heterocycles. The topological polar surface area (TPSA) is 38.7 Å². The second kappa shape index (κ2) is 2.47. The molecule has 0 spiro atoms. The minimum atomic E-state index is 0.923. The van der Waals surface area contributed by atoms with Crippen molar-refractivity contribution in [2.45, 2.75) is 0 Å². The fourth-order valence-electron chi connectivity index (χ4n) is 1.29. The summed E-state index contributed by atoms with van der Waals surface area (Å²) in [4.78, 5) is 12.1. The van der Waals surface area contributed by atoms with Crippen LogP contribution in [0.1, 0.15) is 0 Å². The fraction of sp³-hybridized carbons (Fsp3) is 0. The highest BCUT2D eigenvalue weighted by atomic mass is 32.1. The Hall–Kier alpha value is -1.55. The van der Waals surface area contributed by atoms with Crippen molar-refractivity contribution in [2.24, 2.45) is 0 Å². The van der Waals surface area contributed by atoms with Crippen molar-refractivity contribution < 1.29 is 0 Å². The standard InChI is InChI=1S/C9H4N3S/c1-6-3-10-4-11-7(6)2-9-8(1)12-5-13-9/h1-3,5H. The normalized spacial score (nSPS) is 11.1. The van der Waals surface area contributed by atoms with Crippen molar-refractivity contribution in [3.05, 3.63) is 30.2 Å². The summed E-state index contributed by atoms with van der Waals surface area (Å²) >= 11 is 1.62. The quantitative estimate of drug-likeness (QED) is 0.539. The molecule has 0 aliphatic carbocycles. The van der Waals surface area contributed by atoms with Gasteiger partial charge in [-0.25, -0.2) is 15.0 Å². The lowest BCUT2D eigenvalue weighted by Gasteiger charge is -1.93. The lowest BCUT2D eigenvalue weighted by Crippen LogP contribution is -1.80. The van der Waals surface area contributed by atoms with Gasteiger partial charge in [0.15, 0.2) is 6.33 Å². The van der Waals surface area contributed by atoms with E-state index in [1.807, 2.05) is 17.6 Å². The van der Waals surface area contributed by atoms with Crippen LogP contribution in [-0.2, 0) is 0 Å². The largest absolute Gasteiger partial charge is 0.245 e. The van der Waals surface area contributed by atoms with E-state index in [0.717, 1.165) is 21.1 Å². The highest BCUT2D eigenvalue weighted by Gasteiger charge is 2.00. The zero-order chi connectivity index (χ0) is 8.67. The van der Waals surface area contributed by atoms with Gasteiger partial charge in [-0.05, 0) is 12.1 Å². The zero-order valence-corrected chi connectivity index (χ0v) is 7.38. The zero-order valence-electron chi connectivity index (χ0n) is 6.56. The summed E-state index contributed by atoms with van der Waals surface area (Å²) in [7, 11) is 0. The van der Waals surface area contributed by atoms with Crippen LogP contribution >= 0.6 is 11.3 Å². The fourth-order valence-corrected chi connectivity index (χ4v) is 1.98. The van der Waals surface area contributed by atoms with E-state index in [4.69, 9.17) is 0 Å². The van der Waals surface area contributed by atoms with Crippen LogP contribution in [0.15, 0.2) is 23.8 Å². The number of thiazole rings is 1. The number of aromatic nitrogens is 3. The molecule has 0 saturated carbocycles. The second-order valence-corrected chi connectivity index (χ2v) is 3.59. The summed E-state index contributed by atoms with van der Waals surface area (Å²) in [6.45, 7) is 0. The smallest absolute Gasteiger partial charge is 0.198 e. The number of hydrogen-bond donors (Lipinski definition) is 0. The molecule has 0 amide bonds. The number of fused-ring (bicyclic) bond motifs is 2. The minimum absolute atomic E-state index is 0.923. The molecule has 3 rings (SSSR count). The van der Waals surface area contributed by atoms with Crippen LogP contribution in [0.25, 0.3) is 21.1 Å². The van der Waals surface area contributed by atoms with Gasteiger partial charge in [0.1, 0.15) is 0 Å². The Bertz CT molecular complexity index is 523. The summed E-state index contributed by atoms with van der Waals surface area (Å²) in [6, 6.07) is 4.01. The Kier molecular flexibility index (Phi) is 1.31. The first-order valence-corrected chi connectivity index (χ1v) is 4.67. The van der Waals surface area contributed by atoms with Crippen molar-refractivity contribution >= 4 is 32.5 Å². The lowest BCUT2D eigenvalue weighted by molar-refractivity contribution is 1.20. The Labute approximate surface area is 78.1 Å². The van der Waals surface area contributed by atoms with Crippen LogP contribution in [0.5, 0.6) is 0 Å². The van der Waals surface area contributed by atoms with Crippen molar-refractivity contribution in [2.75, 3.05) is 0 Å². The van der Waals surface area contributed by atoms with E-state index in [9.17, 15) is 0 Å². The van der Waals surface area contributed by atoms with E-state index in [1.54, 1.807) is 17.5 Å². The third kappa shape index (κ3) is 0.990. The first-order valence-electron chi connectivity index (χ1n) is 3.79. The molecule has 2 aromatic heterocycles. The lowest BCUT2D eigenvalue weighted by atomic mass is 10.2. The third-order valence-electron chi connectivity index (χ3n) is 1.91. The van der Waals surface area contributed by atoms with Gasteiger partial charge in [0.25, 0.3) is 0 Å². The molecule has 0 unspecified atom stereocenters. The molecule has 0 aliphatic rings. The Morgan fingerprint density at radius 2 is 2.23 bits per heavy atom. The number of nitrogens with zero attached hydrogens (tertiary/aromatic N) is 3. The monoisotopic (exact) mass is 186 g/mol. The molecule has 4 heteroatoms. The van der Waals surface area contributed by atoms with Gasteiger partial charge in [-0.3, -0.25) is 0 Å². The predicted octanol–water partition coefficient (Wildman–Crippen LogP) is 2.04. The van der Waals surface area contributed by atoms with Crippen LogP contribution in [0.2, 0.25) is 0 Å². The van der Waals surface area contributed by atoms with Crippen molar-refractivity contribution in [3.63, 3.8) is 0 Å². The summed E-state index contributed by atoms with van der Waals surface area (Å²) in [5.41, 5.74) is 3.76. The maximum absolute atomic E-state index is 4.22. The molecular weight excluding hydrogens is 182 g/mol. The molecule has 0 atom stereocenters. The Balaban J connectivity index is 2.57. The molecule has 13 heavy (non-hydrogen) atoms. The summed E-state index contributed by atoms with van der Waals surface area (Å²) in [5, 5.41) is 1.01. The van der Waals surface area contributed by atoms with Gasteiger partial charge in [-0.2, -0.15) is 0 Å². The van der Waals surface area contributed by atoms with E-state index in [-0.39, 0.29) is 0 Å². The van der Waals surface area contributed by atoms with E-state index in [1.165, 1.54) is 0 Å². The molecule has 0 fully saturated rings. The molecule has 2 heterocycles. The number of rotatable bonds is 0. The Morgan fingerprint density at radius 1 is 1.23 bits per heavy atom. The van der Waals surface area contributed by atoms with Crippen LogP contribution in [0.4, 0.5) is 0 Å². The van der Waals surface area contributed by atoms with Gasteiger partial charge in [0.2, 0.25) is 0 Å². The maximum Gasteiger partial charge on any atom is 0.198 e. The van der Waals surface area contributed by atoms with E-state index in [2.05, 4.69) is 21.3 Å². The van der Waals surface area contributed by atoms with Gasteiger partial charge >= 0.3 is 0 Å². The predicted molar refractivity (Wildman–Crippen MR) is 51.6 cm³/mol. The molecule has 1 radical (unpaired) electrons. The van der Waals surface area contributed by atoms with Gasteiger partial charge in [0.05, 0.1) is 21.2 Å². The second-order valence-electron chi connectivity index (χ2n) is 2.70. The van der Waals surface area contributed by atoms with E-state index < -0.39 is 0 Å². The average Bonchev–Trinajstić information content (AvgIpc) is 2.61. The van der Waals surface area contributed by atoms with Crippen LogP contribution in [0, 0.1) is 6.33 Å². The summed E-state index contributed by atoms with van der Waals surface area (Å²) < 4.78 is 1.15. The van der Waals surface area contributed by atoms with Crippen molar-refractivity contribution in [1.82, 2.24) is 15.0 Å². The van der Waals surface area contributed by atoms with Gasteiger partial charge in [-0.1, -0.05) is 0 Å². The molecule has 0 bridgehead atoms. The van der Waals surface area contributed by atoms with Gasteiger partial charge in [0, 0.05) is 11.6 Å². The van der Waals surface area contributed by atoms with Gasteiger partial charge < -0.3 is 0 Å². The van der Waals surface area contributed by atoms with Crippen molar-refractivity contribution in [3.8, 4) is 0 Å². The Morgan fingerprint density at radius 3 is 3.23 bits per heavy atom. The third-order valence-corrected chi connectivity index (χ3v) is 2.70. The van der Waals surface area contributed by atoms with Crippen molar-refractivity contribution in [1.29, 1.82) is 0 Å². The number of hydrogen-bond acceptors (Lipinski definition) is 4. The van der Waals surface area contributed by atoms with Crippen LogP contribution < -0.4 is 0 Å². The van der Waals surface area contributed by atoms with Gasteiger partial charge in [-0.15, -0.1) is 11.3 Å². The molecule has 3 aromatic rings. The average molecular weight is 186 g/mol. The minimum Gasteiger partial charge on any atom is -0.245 e. The number of benzene rings is 1. The molecule has 3 nitrogen and oxygen atoms in total. The van der Waals surface area contributed by atoms with E-state index in [0.29, 0.717) is 0 Å². The molecule has 0 N–H and O–H groups in total. The molecule has 1 aromatic carbocycles. The molecular formula is C9H4N3S. The summed E-state index contributed by atoms with van der Waals surface area (Å²) in [6.07, 6.45) is 4.33. The SMILES string of the molecule is [c]1ncc2cc3ncsc3cc2n1. The van der Waals surface area contributed by atoms with E-state index >= 15 is 0 Å². The van der Waals surface area contributed by atoms with Crippen LogP contribution in [0.3, 0.4) is 0 Å². The summed E-state index contributed by atoms with van der Waals surface area (Å²) in [5.74, 6) is 0. The maximum atomic E-state index is 4.22. The molecule has 0 aliphatic heterocycles. The first kappa shape index (κ1) is 6.91. The van der Waals surface area contributed by atoms with Crippen LogP contribution in [-0.4, -0.2) is 15.0 Å². The highest BCUT2D eigenvalue weighted by molar-refractivity contribution is 7.16. The first-order chi connectivity index (χ1) is 6.43. The highest BCUT2D eigenvalue weighted by Crippen LogP contribution is 2.22.